The Morgan fingerprint density at radius 3 is 2.29 bits per heavy atom. The lowest BCUT2D eigenvalue weighted by atomic mass is 9.95. The van der Waals surface area contributed by atoms with E-state index in [1.807, 2.05) is 48.5 Å². The third-order valence-corrected chi connectivity index (χ3v) is 3.56. The van der Waals surface area contributed by atoms with Gasteiger partial charge in [0.2, 0.25) is 5.91 Å². The van der Waals surface area contributed by atoms with Crippen LogP contribution in [0.4, 0.5) is 5.69 Å². The van der Waals surface area contributed by atoms with E-state index in [9.17, 15) is 4.79 Å². The second kappa shape index (κ2) is 9.21. The number of rotatable bonds is 9. The van der Waals surface area contributed by atoms with E-state index in [1.54, 1.807) is 0 Å². The molecule has 0 bridgehead atoms. The first-order chi connectivity index (χ1) is 11.6. The molecule has 2 N–H and O–H groups in total. The molecule has 0 aromatic heterocycles. The van der Waals surface area contributed by atoms with Gasteiger partial charge in [0.25, 0.3) is 0 Å². The summed E-state index contributed by atoms with van der Waals surface area (Å²) in [5.74, 6) is -0.130. The predicted molar refractivity (Wildman–Crippen MR) is 97.8 cm³/mol. The summed E-state index contributed by atoms with van der Waals surface area (Å²) >= 11 is 0. The first kappa shape index (κ1) is 18.2. The van der Waals surface area contributed by atoms with Crippen LogP contribution >= 0.6 is 0 Å². The first-order valence-corrected chi connectivity index (χ1v) is 8.22. The van der Waals surface area contributed by atoms with Crippen LogP contribution < -0.4 is 10.6 Å². The van der Waals surface area contributed by atoms with Crippen LogP contribution in [-0.2, 0) is 16.1 Å². The molecule has 4 heteroatoms. The Hall–Kier alpha value is -2.17. The lowest BCUT2D eigenvalue weighted by molar-refractivity contribution is -0.121. The third kappa shape index (κ3) is 6.94. The van der Waals surface area contributed by atoms with Gasteiger partial charge in [-0.15, -0.1) is 0 Å². The van der Waals surface area contributed by atoms with Gasteiger partial charge in [0.15, 0.2) is 0 Å². The van der Waals surface area contributed by atoms with E-state index in [0.29, 0.717) is 6.61 Å². The smallest absolute Gasteiger partial charge is 0.250 e. The molecular formula is C20H26N2O2. The van der Waals surface area contributed by atoms with Gasteiger partial charge >= 0.3 is 0 Å². The summed E-state index contributed by atoms with van der Waals surface area (Å²) < 4.78 is 5.58. The summed E-state index contributed by atoms with van der Waals surface area (Å²) in [6, 6.07) is 19.7. The molecular weight excluding hydrogens is 300 g/mol. The zero-order chi connectivity index (χ0) is 17.3. The van der Waals surface area contributed by atoms with Gasteiger partial charge in [-0.25, -0.2) is 0 Å². The van der Waals surface area contributed by atoms with Crippen LogP contribution in [-0.4, -0.2) is 25.7 Å². The number of benzene rings is 2. The van der Waals surface area contributed by atoms with Gasteiger partial charge in [0.1, 0.15) is 6.61 Å². The fourth-order valence-electron chi connectivity index (χ4n) is 2.33. The van der Waals surface area contributed by atoms with Crippen molar-refractivity contribution in [2.24, 2.45) is 5.41 Å². The monoisotopic (exact) mass is 326 g/mol. The summed E-state index contributed by atoms with van der Waals surface area (Å²) in [6.07, 6.45) is 0. The highest BCUT2D eigenvalue weighted by atomic mass is 16.5. The van der Waals surface area contributed by atoms with Crippen molar-refractivity contribution >= 4 is 11.6 Å². The maximum Gasteiger partial charge on any atom is 0.250 e. The van der Waals surface area contributed by atoms with Gasteiger partial charge in [-0.2, -0.15) is 0 Å². The summed E-state index contributed by atoms with van der Waals surface area (Å²) in [5, 5.41) is 6.25. The van der Waals surface area contributed by atoms with E-state index in [-0.39, 0.29) is 17.9 Å². The third-order valence-electron chi connectivity index (χ3n) is 3.56. The Labute approximate surface area is 144 Å². The highest BCUT2D eigenvalue weighted by Crippen LogP contribution is 2.14. The van der Waals surface area contributed by atoms with E-state index in [1.165, 1.54) is 5.56 Å². The van der Waals surface area contributed by atoms with Gasteiger partial charge in [-0.05, 0) is 17.7 Å². The average Bonchev–Trinajstić information content (AvgIpc) is 2.56. The summed E-state index contributed by atoms with van der Waals surface area (Å²) in [5.41, 5.74) is 2.01. The Balaban J connectivity index is 1.64. The van der Waals surface area contributed by atoms with Gasteiger partial charge in [-0.3, -0.25) is 4.79 Å². The second-order valence-electron chi connectivity index (χ2n) is 6.66. The molecule has 2 aromatic rings. The SMILES string of the molecule is CC(C)(CNCc1ccccc1)COCC(=O)Nc1ccccc1. The first-order valence-electron chi connectivity index (χ1n) is 8.22. The van der Waals surface area contributed by atoms with Crippen molar-refractivity contribution in [1.29, 1.82) is 0 Å². The molecule has 0 aliphatic rings. The molecule has 24 heavy (non-hydrogen) atoms. The molecule has 0 radical (unpaired) electrons. The van der Waals surface area contributed by atoms with Gasteiger partial charge in [0, 0.05) is 24.2 Å². The summed E-state index contributed by atoms with van der Waals surface area (Å²) in [6.45, 7) is 6.50. The number of carbonyl (C=O) groups is 1. The van der Waals surface area contributed by atoms with Crippen LogP contribution in [0.15, 0.2) is 60.7 Å². The fourth-order valence-corrected chi connectivity index (χ4v) is 2.33. The normalized spacial score (nSPS) is 11.2. The number of hydrogen-bond donors (Lipinski definition) is 2. The number of ether oxygens (including phenoxy) is 1. The Morgan fingerprint density at radius 1 is 1.00 bits per heavy atom. The Kier molecular flexibility index (Phi) is 6.97. The maximum absolute atomic E-state index is 11.8. The van der Waals surface area contributed by atoms with Crippen molar-refractivity contribution in [1.82, 2.24) is 5.32 Å². The minimum absolute atomic E-state index is 0.0399. The average molecular weight is 326 g/mol. The molecule has 0 saturated carbocycles. The van der Waals surface area contributed by atoms with Crippen LogP contribution in [0, 0.1) is 5.41 Å². The Bertz CT molecular complexity index is 612. The molecule has 128 valence electrons. The van der Waals surface area contributed by atoms with E-state index in [2.05, 4.69) is 36.6 Å². The molecule has 4 nitrogen and oxygen atoms in total. The molecule has 2 rings (SSSR count). The van der Waals surface area contributed by atoms with Crippen molar-refractivity contribution in [3.05, 3.63) is 66.2 Å². The molecule has 0 atom stereocenters. The van der Waals surface area contributed by atoms with E-state index >= 15 is 0 Å². The highest BCUT2D eigenvalue weighted by Gasteiger charge is 2.18. The van der Waals surface area contributed by atoms with Crippen molar-refractivity contribution in [2.75, 3.05) is 25.1 Å². The molecule has 0 aliphatic heterocycles. The number of carbonyl (C=O) groups excluding carboxylic acids is 1. The lowest BCUT2D eigenvalue weighted by Gasteiger charge is -2.24. The van der Waals surface area contributed by atoms with Crippen molar-refractivity contribution in [3.8, 4) is 0 Å². The minimum Gasteiger partial charge on any atom is -0.371 e. The van der Waals surface area contributed by atoms with Crippen LogP contribution in [0.5, 0.6) is 0 Å². The quantitative estimate of drug-likeness (QED) is 0.742. The molecule has 0 heterocycles. The number of anilines is 1. The standard InChI is InChI=1S/C20H26N2O2/c1-20(2,15-21-13-17-9-5-3-6-10-17)16-24-14-19(23)22-18-11-7-4-8-12-18/h3-12,21H,13-16H2,1-2H3,(H,22,23). The minimum atomic E-state index is -0.130. The predicted octanol–water partition coefficient (Wildman–Crippen LogP) is 3.46. The number of para-hydroxylation sites is 1. The van der Waals surface area contributed by atoms with Crippen LogP contribution in [0.2, 0.25) is 0 Å². The highest BCUT2D eigenvalue weighted by molar-refractivity contribution is 5.91. The number of nitrogens with one attached hydrogen (secondary N) is 2. The van der Waals surface area contributed by atoms with Crippen LogP contribution in [0.25, 0.3) is 0 Å². The fraction of sp³-hybridized carbons (Fsp3) is 0.350. The van der Waals surface area contributed by atoms with E-state index < -0.39 is 0 Å². The van der Waals surface area contributed by atoms with Crippen molar-refractivity contribution in [2.45, 2.75) is 20.4 Å². The second-order valence-corrected chi connectivity index (χ2v) is 6.66. The van der Waals surface area contributed by atoms with Gasteiger partial charge < -0.3 is 15.4 Å². The number of amides is 1. The van der Waals surface area contributed by atoms with Gasteiger partial charge in [-0.1, -0.05) is 62.4 Å². The molecule has 0 saturated heterocycles. The zero-order valence-corrected chi connectivity index (χ0v) is 14.4. The lowest BCUT2D eigenvalue weighted by Crippen LogP contribution is -2.34. The Morgan fingerprint density at radius 2 is 1.62 bits per heavy atom. The number of hydrogen-bond acceptors (Lipinski definition) is 3. The maximum atomic E-state index is 11.8. The van der Waals surface area contributed by atoms with Crippen molar-refractivity contribution < 1.29 is 9.53 Å². The molecule has 0 unspecified atom stereocenters. The molecule has 0 aliphatic carbocycles. The van der Waals surface area contributed by atoms with Gasteiger partial charge in [0.05, 0.1) is 6.61 Å². The summed E-state index contributed by atoms with van der Waals surface area (Å²) in [7, 11) is 0. The van der Waals surface area contributed by atoms with Crippen LogP contribution in [0.3, 0.4) is 0 Å². The largest absolute Gasteiger partial charge is 0.371 e. The zero-order valence-electron chi connectivity index (χ0n) is 14.4. The molecule has 1 amide bonds. The topological polar surface area (TPSA) is 50.4 Å². The van der Waals surface area contributed by atoms with Crippen molar-refractivity contribution in [3.63, 3.8) is 0 Å². The molecule has 0 spiro atoms. The molecule has 2 aromatic carbocycles. The molecule has 0 fully saturated rings. The van der Waals surface area contributed by atoms with E-state index in [4.69, 9.17) is 4.74 Å². The van der Waals surface area contributed by atoms with Crippen LogP contribution in [0.1, 0.15) is 19.4 Å². The van der Waals surface area contributed by atoms with E-state index in [0.717, 1.165) is 18.8 Å². The summed E-state index contributed by atoms with van der Waals surface area (Å²) in [4.78, 5) is 11.8.